The lowest BCUT2D eigenvalue weighted by Crippen LogP contribution is -2.48. The van der Waals surface area contributed by atoms with Crippen LogP contribution >= 0.6 is 11.6 Å². The molecule has 1 N–H and O–H groups in total. The van der Waals surface area contributed by atoms with E-state index in [-0.39, 0.29) is 18.1 Å². The SMILES string of the molecule is O=C(CN1CCN(Cc2ccccc2Cl)CC1)N/N=C/c1ccccc1[N+](=O)[O-]. The number of nitro benzene ring substituents is 1. The Bertz CT molecular complexity index is 897. The number of carbonyl (C=O) groups excluding carboxylic acids is 1. The summed E-state index contributed by atoms with van der Waals surface area (Å²) < 4.78 is 0. The topological polar surface area (TPSA) is 91.1 Å². The molecule has 9 heteroatoms. The predicted molar refractivity (Wildman–Crippen MR) is 112 cm³/mol. The Morgan fingerprint density at radius 2 is 1.76 bits per heavy atom. The van der Waals surface area contributed by atoms with Gasteiger partial charge in [-0.1, -0.05) is 41.9 Å². The van der Waals surface area contributed by atoms with E-state index in [1.165, 1.54) is 12.3 Å². The normalized spacial score (nSPS) is 15.5. The van der Waals surface area contributed by atoms with Crippen LogP contribution in [0.4, 0.5) is 5.69 Å². The molecule has 1 saturated heterocycles. The Morgan fingerprint density at radius 1 is 1.10 bits per heavy atom. The molecule has 1 aliphatic rings. The van der Waals surface area contributed by atoms with Gasteiger partial charge in [0.2, 0.25) is 0 Å². The van der Waals surface area contributed by atoms with E-state index < -0.39 is 4.92 Å². The molecule has 0 aliphatic carbocycles. The molecular weight excluding hydrogens is 394 g/mol. The Labute approximate surface area is 173 Å². The van der Waals surface area contributed by atoms with Crippen LogP contribution in [0, 0.1) is 10.1 Å². The summed E-state index contributed by atoms with van der Waals surface area (Å²) in [6.45, 7) is 4.25. The third-order valence-corrected chi connectivity index (χ3v) is 5.08. The number of benzene rings is 2. The molecule has 8 nitrogen and oxygen atoms in total. The van der Waals surface area contributed by atoms with Gasteiger partial charge in [-0.3, -0.25) is 24.7 Å². The minimum absolute atomic E-state index is 0.0554. The van der Waals surface area contributed by atoms with Gasteiger partial charge >= 0.3 is 0 Å². The molecule has 3 rings (SSSR count). The number of nitrogens with zero attached hydrogens (tertiary/aromatic N) is 4. The zero-order valence-electron chi connectivity index (χ0n) is 15.8. The molecule has 2 aromatic rings. The summed E-state index contributed by atoms with van der Waals surface area (Å²) in [5.74, 6) is -0.251. The molecule has 0 aromatic heterocycles. The molecule has 0 radical (unpaired) electrons. The van der Waals surface area contributed by atoms with E-state index in [1.54, 1.807) is 18.2 Å². The first-order chi connectivity index (χ1) is 14.0. The third kappa shape index (κ3) is 6.08. The molecule has 1 heterocycles. The van der Waals surface area contributed by atoms with E-state index in [4.69, 9.17) is 11.6 Å². The van der Waals surface area contributed by atoms with E-state index >= 15 is 0 Å². The molecule has 29 heavy (non-hydrogen) atoms. The van der Waals surface area contributed by atoms with E-state index in [2.05, 4.69) is 20.3 Å². The number of carbonyl (C=O) groups is 1. The van der Waals surface area contributed by atoms with Crippen LogP contribution in [0.15, 0.2) is 53.6 Å². The summed E-state index contributed by atoms with van der Waals surface area (Å²) in [5.41, 5.74) is 3.82. The predicted octanol–water partition coefficient (Wildman–Crippen LogP) is 2.52. The first-order valence-electron chi connectivity index (χ1n) is 9.26. The quantitative estimate of drug-likeness (QED) is 0.426. The Kier molecular flexibility index (Phi) is 7.29. The lowest BCUT2D eigenvalue weighted by atomic mass is 10.2. The summed E-state index contributed by atoms with van der Waals surface area (Å²) in [7, 11) is 0. The number of hydrogen-bond acceptors (Lipinski definition) is 6. The number of hydrogen-bond donors (Lipinski definition) is 1. The van der Waals surface area contributed by atoms with E-state index in [9.17, 15) is 14.9 Å². The molecule has 0 bridgehead atoms. The maximum atomic E-state index is 12.1. The number of hydrazone groups is 1. The highest BCUT2D eigenvalue weighted by Gasteiger charge is 2.19. The molecule has 0 unspecified atom stereocenters. The summed E-state index contributed by atoms with van der Waals surface area (Å²) in [6.07, 6.45) is 1.29. The molecule has 1 aliphatic heterocycles. The fourth-order valence-electron chi connectivity index (χ4n) is 3.15. The lowest BCUT2D eigenvalue weighted by Gasteiger charge is -2.34. The number of para-hydroxylation sites is 1. The van der Waals surface area contributed by atoms with Gasteiger partial charge in [-0.05, 0) is 17.7 Å². The lowest BCUT2D eigenvalue weighted by molar-refractivity contribution is -0.385. The molecule has 0 atom stereocenters. The standard InChI is InChI=1S/C20H22ClN5O3/c21-18-7-3-1-6-17(18)14-24-9-11-25(12-10-24)15-20(27)23-22-13-16-5-2-4-8-19(16)26(28)29/h1-8,13H,9-12,14-15H2,(H,23,27)/b22-13+. The molecular formula is C20H22ClN5O3. The average molecular weight is 416 g/mol. The average Bonchev–Trinajstić information content (AvgIpc) is 2.71. The second-order valence-electron chi connectivity index (χ2n) is 6.75. The zero-order valence-corrected chi connectivity index (χ0v) is 16.6. The largest absolute Gasteiger partial charge is 0.296 e. The van der Waals surface area contributed by atoms with Crippen molar-refractivity contribution in [2.45, 2.75) is 6.54 Å². The summed E-state index contributed by atoms with van der Waals surface area (Å²) in [6, 6.07) is 14.0. The van der Waals surface area contributed by atoms with E-state index in [0.29, 0.717) is 5.56 Å². The fourth-order valence-corrected chi connectivity index (χ4v) is 3.34. The van der Waals surface area contributed by atoms with Crippen molar-refractivity contribution in [2.24, 2.45) is 5.10 Å². The van der Waals surface area contributed by atoms with Crippen LogP contribution in [-0.2, 0) is 11.3 Å². The Hall–Kier alpha value is -2.81. The van der Waals surface area contributed by atoms with Crippen molar-refractivity contribution in [1.29, 1.82) is 0 Å². The van der Waals surface area contributed by atoms with Gasteiger partial charge in [0.1, 0.15) is 0 Å². The number of nitrogens with one attached hydrogen (secondary N) is 1. The first-order valence-corrected chi connectivity index (χ1v) is 9.64. The van der Waals surface area contributed by atoms with Gasteiger partial charge in [0.15, 0.2) is 0 Å². The summed E-state index contributed by atoms with van der Waals surface area (Å²) >= 11 is 6.22. The first kappa shape index (κ1) is 20.9. The summed E-state index contributed by atoms with van der Waals surface area (Å²) in [5, 5.41) is 15.6. The van der Waals surface area contributed by atoms with Crippen LogP contribution < -0.4 is 5.43 Å². The molecule has 1 amide bonds. The van der Waals surface area contributed by atoms with Crippen molar-refractivity contribution >= 4 is 29.4 Å². The van der Waals surface area contributed by atoms with E-state index in [1.807, 2.05) is 24.3 Å². The highest BCUT2D eigenvalue weighted by atomic mass is 35.5. The van der Waals surface area contributed by atoms with Crippen molar-refractivity contribution in [2.75, 3.05) is 32.7 Å². The fraction of sp³-hybridized carbons (Fsp3) is 0.300. The van der Waals surface area contributed by atoms with Crippen LogP contribution in [-0.4, -0.2) is 59.6 Å². The molecule has 152 valence electrons. The minimum Gasteiger partial charge on any atom is -0.296 e. The molecule has 1 fully saturated rings. The van der Waals surface area contributed by atoms with Crippen LogP contribution in [0.5, 0.6) is 0 Å². The van der Waals surface area contributed by atoms with Gasteiger partial charge in [0.05, 0.1) is 23.2 Å². The van der Waals surface area contributed by atoms with Crippen molar-refractivity contribution < 1.29 is 9.72 Å². The maximum Gasteiger partial charge on any atom is 0.278 e. The Morgan fingerprint density at radius 3 is 2.48 bits per heavy atom. The smallest absolute Gasteiger partial charge is 0.278 e. The summed E-state index contributed by atoms with van der Waals surface area (Å²) in [4.78, 5) is 27.0. The van der Waals surface area contributed by atoms with Gasteiger partial charge in [0, 0.05) is 43.8 Å². The number of rotatable bonds is 7. The monoisotopic (exact) mass is 415 g/mol. The van der Waals surface area contributed by atoms with Gasteiger partial charge in [-0.2, -0.15) is 5.10 Å². The highest BCUT2D eigenvalue weighted by molar-refractivity contribution is 6.31. The third-order valence-electron chi connectivity index (χ3n) is 4.71. The van der Waals surface area contributed by atoms with Gasteiger partial charge in [0.25, 0.3) is 11.6 Å². The van der Waals surface area contributed by atoms with Crippen LogP contribution in [0.3, 0.4) is 0 Å². The van der Waals surface area contributed by atoms with Crippen molar-refractivity contribution in [3.8, 4) is 0 Å². The molecule has 2 aromatic carbocycles. The van der Waals surface area contributed by atoms with Gasteiger partial charge in [-0.15, -0.1) is 0 Å². The zero-order chi connectivity index (χ0) is 20.6. The second kappa shape index (κ2) is 10.1. The van der Waals surface area contributed by atoms with E-state index in [0.717, 1.165) is 43.3 Å². The van der Waals surface area contributed by atoms with Crippen LogP contribution in [0.25, 0.3) is 0 Å². The minimum atomic E-state index is -0.481. The van der Waals surface area contributed by atoms with Crippen molar-refractivity contribution in [1.82, 2.24) is 15.2 Å². The number of amides is 1. The number of nitro groups is 1. The van der Waals surface area contributed by atoms with Crippen molar-refractivity contribution in [3.63, 3.8) is 0 Å². The number of halogens is 1. The van der Waals surface area contributed by atoms with Crippen LogP contribution in [0.2, 0.25) is 5.02 Å². The Balaban J connectivity index is 1.43. The molecule has 0 saturated carbocycles. The van der Waals surface area contributed by atoms with Crippen LogP contribution in [0.1, 0.15) is 11.1 Å². The van der Waals surface area contributed by atoms with Gasteiger partial charge < -0.3 is 0 Å². The number of piperazine rings is 1. The van der Waals surface area contributed by atoms with Crippen molar-refractivity contribution in [3.05, 3.63) is 74.8 Å². The maximum absolute atomic E-state index is 12.1. The second-order valence-corrected chi connectivity index (χ2v) is 7.16. The molecule has 0 spiro atoms. The highest BCUT2D eigenvalue weighted by Crippen LogP contribution is 2.18. The van der Waals surface area contributed by atoms with Gasteiger partial charge in [-0.25, -0.2) is 5.43 Å².